The van der Waals surface area contributed by atoms with Gasteiger partial charge in [-0.3, -0.25) is 4.79 Å². The van der Waals surface area contributed by atoms with Gasteiger partial charge in [0.2, 0.25) is 5.91 Å². The first kappa shape index (κ1) is 18.7. The van der Waals surface area contributed by atoms with Crippen molar-refractivity contribution in [3.05, 3.63) is 52.3 Å². The van der Waals surface area contributed by atoms with Crippen molar-refractivity contribution in [3.63, 3.8) is 0 Å². The van der Waals surface area contributed by atoms with E-state index in [9.17, 15) is 18.0 Å². The van der Waals surface area contributed by atoms with Gasteiger partial charge in [-0.25, -0.2) is 9.67 Å². The average Bonchev–Trinajstić information content (AvgIpc) is 3.41. The minimum absolute atomic E-state index is 0.0153. The standard InChI is InChI=1S/C19H16ClF3N4O/c1-10-17-13(11-2-3-11)6-7-24-18(17)27(26-10)9-16(28)25-12-4-5-15(20)14(8-12)19(21,22)23/h4-8,11H,2-3,9H2,1H3,(H,25,28). The van der Waals surface area contributed by atoms with Crippen molar-refractivity contribution in [2.24, 2.45) is 0 Å². The number of pyridine rings is 1. The van der Waals surface area contributed by atoms with Gasteiger partial charge in [0.25, 0.3) is 0 Å². The Bertz CT molecular complexity index is 1070. The Hall–Kier alpha value is -2.61. The zero-order chi connectivity index (χ0) is 20.1. The molecule has 2 aromatic heterocycles. The van der Waals surface area contributed by atoms with Crippen LogP contribution < -0.4 is 5.32 Å². The summed E-state index contributed by atoms with van der Waals surface area (Å²) in [6.45, 7) is 1.70. The topological polar surface area (TPSA) is 59.8 Å². The number of carbonyl (C=O) groups excluding carboxylic acids is 1. The third-order valence-electron chi connectivity index (χ3n) is 4.71. The number of aromatic nitrogens is 3. The SMILES string of the molecule is Cc1nn(CC(=O)Nc2ccc(Cl)c(C(F)(F)F)c2)c2nccc(C3CC3)c12. The molecular formula is C19H16ClF3N4O. The quantitative estimate of drug-likeness (QED) is 0.666. The number of fused-ring (bicyclic) bond motifs is 1. The number of alkyl halides is 3. The van der Waals surface area contributed by atoms with E-state index in [1.807, 2.05) is 13.0 Å². The van der Waals surface area contributed by atoms with E-state index >= 15 is 0 Å². The molecule has 0 aliphatic heterocycles. The van der Waals surface area contributed by atoms with Gasteiger partial charge in [-0.1, -0.05) is 11.6 Å². The van der Waals surface area contributed by atoms with E-state index in [1.165, 1.54) is 16.3 Å². The minimum Gasteiger partial charge on any atom is -0.324 e. The maximum Gasteiger partial charge on any atom is 0.417 e. The number of hydrogen-bond donors (Lipinski definition) is 1. The Kier molecular flexibility index (Phi) is 4.53. The number of carbonyl (C=O) groups is 1. The molecule has 1 aromatic carbocycles. The van der Waals surface area contributed by atoms with Gasteiger partial charge in [0.1, 0.15) is 6.54 Å². The van der Waals surface area contributed by atoms with Crippen molar-refractivity contribution in [1.29, 1.82) is 0 Å². The third-order valence-corrected chi connectivity index (χ3v) is 5.04. The molecule has 0 radical (unpaired) electrons. The van der Waals surface area contributed by atoms with Crippen LogP contribution in [0.15, 0.2) is 30.5 Å². The fourth-order valence-corrected chi connectivity index (χ4v) is 3.54. The van der Waals surface area contributed by atoms with E-state index in [2.05, 4.69) is 15.4 Å². The van der Waals surface area contributed by atoms with Crippen molar-refractivity contribution in [1.82, 2.24) is 14.8 Å². The van der Waals surface area contributed by atoms with Crippen LogP contribution in [-0.2, 0) is 17.5 Å². The second-order valence-corrected chi connectivity index (χ2v) is 7.26. The summed E-state index contributed by atoms with van der Waals surface area (Å²) in [5, 5.41) is 7.40. The molecule has 0 bridgehead atoms. The van der Waals surface area contributed by atoms with Crippen LogP contribution in [0.4, 0.5) is 18.9 Å². The molecule has 28 heavy (non-hydrogen) atoms. The molecule has 1 aliphatic carbocycles. The molecule has 3 aromatic rings. The van der Waals surface area contributed by atoms with Crippen LogP contribution in [0, 0.1) is 6.92 Å². The molecular weight excluding hydrogens is 393 g/mol. The fraction of sp³-hybridized carbons (Fsp3) is 0.316. The van der Waals surface area contributed by atoms with Crippen molar-refractivity contribution in [2.45, 2.75) is 38.4 Å². The zero-order valence-corrected chi connectivity index (χ0v) is 15.6. The molecule has 1 fully saturated rings. The molecule has 2 heterocycles. The van der Waals surface area contributed by atoms with Gasteiger partial charge in [-0.2, -0.15) is 18.3 Å². The number of rotatable bonds is 4. The molecule has 9 heteroatoms. The average molecular weight is 409 g/mol. The van der Waals surface area contributed by atoms with Gasteiger partial charge in [-0.05, 0) is 55.5 Å². The van der Waals surface area contributed by atoms with Crippen LogP contribution in [0.3, 0.4) is 0 Å². The first-order valence-corrected chi connectivity index (χ1v) is 9.10. The van der Waals surface area contributed by atoms with E-state index < -0.39 is 22.7 Å². The fourth-order valence-electron chi connectivity index (χ4n) is 3.31. The van der Waals surface area contributed by atoms with Crippen LogP contribution in [-0.4, -0.2) is 20.7 Å². The van der Waals surface area contributed by atoms with E-state index in [-0.39, 0.29) is 12.2 Å². The largest absolute Gasteiger partial charge is 0.417 e. The maximum absolute atomic E-state index is 13.0. The molecule has 4 rings (SSSR count). The third kappa shape index (κ3) is 3.56. The number of hydrogen-bond acceptors (Lipinski definition) is 3. The number of aryl methyl sites for hydroxylation is 1. The van der Waals surface area contributed by atoms with Crippen LogP contribution in [0.5, 0.6) is 0 Å². The Morgan fingerprint density at radius 3 is 2.75 bits per heavy atom. The lowest BCUT2D eigenvalue weighted by atomic mass is 10.1. The molecule has 1 N–H and O–H groups in total. The van der Waals surface area contributed by atoms with Crippen molar-refractivity contribution in [3.8, 4) is 0 Å². The Labute approximate surface area is 163 Å². The molecule has 5 nitrogen and oxygen atoms in total. The van der Waals surface area contributed by atoms with E-state index in [0.717, 1.165) is 36.1 Å². The van der Waals surface area contributed by atoms with E-state index in [0.29, 0.717) is 11.6 Å². The molecule has 1 amide bonds. The highest BCUT2D eigenvalue weighted by molar-refractivity contribution is 6.31. The summed E-state index contributed by atoms with van der Waals surface area (Å²) < 4.78 is 40.4. The second-order valence-electron chi connectivity index (χ2n) is 6.86. The molecule has 1 saturated carbocycles. The van der Waals surface area contributed by atoms with Crippen LogP contribution in [0.2, 0.25) is 5.02 Å². The number of benzene rings is 1. The highest BCUT2D eigenvalue weighted by Gasteiger charge is 2.33. The maximum atomic E-state index is 13.0. The normalized spacial score (nSPS) is 14.5. The molecule has 0 saturated heterocycles. The summed E-state index contributed by atoms with van der Waals surface area (Å²) in [6.07, 6.45) is -0.652. The first-order chi connectivity index (χ1) is 13.2. The van der Waals surface area contributed by atoms with Crippen molar-refractivity contribution in [2.75, 3.05) is 5.32 Å². The molecule has 0 unspecified atom stereocenters. The molecule has 0 spiro atoms. The lowest BCUT2D eigenvalue weighted by Crippen LogP contribution is -2.20. The van der Waals surface area contributed by atoms with Gasteiger partial charge in [0.15, 0.2) is 5.65 Å². The Balaban J connectivity index is 1.57. The predicted octanol–water partition coefficient (Wildman–Crippen LogP) is 4.93. The Morgan fingerprint density at radius 1 is 1.32 bits per heavy atom. The first-order valence-electron chi connectivity index (χ1n) is 8.72. The summed E-state index contributed by atoms with van der Waals surface area (Å²) in [4.78, 5) is 16.7. The number of nitrogens with one attached hydrogen (secondary N) is 1. The molecule has 0 atom stereocenters. The predicted molar refractivity (Wildman–Crippen MR) is 99.3 cm³/mol. The van der Waals surface area contributed by atoms with Crippen LogP contribution in [0.25, 0.3) is 11.0 Å². The highest BCUT2D eigenvalue weighted by Crippen LogP contribution is 2.43. The summed E-state index contributed by atoms with van der Waals surface area (Å²) >= 11 is 5.61. The van der Waals surface area contributed by atoms with Crippen molar-refractivity contribution < 1.29 is 18.0 Å². The summed E-state index contributed by atoms with van der Waals surface area (Å²) in [6, 6.07) is 5.23. The molecule has 1 aliphatic rings. The monoisotopic (exact) mass is 408 g/mol. The van der Waals surface area contributed by atoms with Crippen LogP contribution >= 0.6 is 11.6 Å². The zero-order valence-electron chi connectivity index (χ0n) is 14.8. The summed E-state index contributed by atoms with van der Waals surface area (Å²) in [5.41, 5.74) is 1.58. The number of nitrogens with zero attached hydrogens (tertiary/aromatic N) is 3. The van der Waals surface area contributed by atoms with Crippen LogP contribution in [0.1, 0.15) is 35.6 Å². The lowest BCUT2D eigenvalue weighted by molar-refractivity contribution is -0.137. The number of halogens is 4. The molecule has 146 valence electrons. The van der Waals surface area contributed by atoms with Gasteiger partial charge in [0, 0.05) is 17.3 Å². The van der Waals surface area contributed by atoms with E-state index in [1.54, 1.807) is 6.20 Å². The highest BCUT2D eigenvalue weighted by atomic mass is 35.5. The van der Waals surface area contributed by atoms with Gasteiger partial charge in [-0.15, -0.1) is 0 Å². The number of anilines is 1. The second kappa shape index (κ2) is 6.77. The smallest absolute Gasteiger partial charge is 0.324 e. The van der Waals surface area contributed by atoms with Gasteiger partial charge >= 0.3 is 6.18 Å². The van der Waals surface area contributed by atoms with Crippen molar-refractivity contribution >= 4 is 34.2 Å². The number of amides is 1. The van der Waals surface area contributed by atoms with E-state index in [4.69, 9.17) is 11.6 Å². The van der Waals surface area contributed by atoms with Gasteiger partial charge in [0.05, 0.1) is 16.3 Å². The lowest BCUT2D eigenvalue weighted by Gasteiger charge is -2.12. The summed E-state index contributed by atoms with van der Waals surface area (Å²) in [7, 11) is 0. The Morgan fingerprint density at radius 2 is 2.07 bits per heavy atom. The minimum atomic E-state index is -4.60. The summed E-state index contributed by atoms with van der Waals surface area (Å²) in [5.74, 6) is 0.00371. The van der Waals surface area contributed by atoms with Gasteiger partial charge < -0.3 is 5.32 Å².